The smallest absolute Gasteiger partial charge is 0.320 e. The average Bonchev–Trinajstić information content (AvgIpc) is 2.35. The van der Waals surface area contributed by atoms with Gasteiger partial charge in [0.25, 0.3) is 0 Å². The third-order valence-corrected chi connectivity index (χ3v) is 3.44. The van der Waals surface area contributed by atoms with Crippen LogP contribution in [0.5, 0.6) is 0 Å². The van der Waals surface area contributed by atoms with Crippen LogP contribution in [0, 0.1) is 10.7 Å². The molecule has 0 N–H and O–H groups in total. The van der Waals surface area contributed by atoms with Gasteiger partial charge in [0.05, 0.1) is 17.9 Å². The summed E-state index contributed by atoms with van der Waals surface area (Å²) in [6.07, 6.45) is 0. The van der Waals surface area contributed by atoms with Crippen molar-refractivity contribution in [3.8, 4) is 0 Å². The topological polar surface area (TPSA) is 72.8 Å². The van der Waals surface area contributed by atoms with Gasteiger partial charge in [-0.2, -0.15) is 0 Å². The van der Waals surface area contributed by atoms with Crippen LogP contribution >= 0.6 is 27.7 Å². The van der Waals surface area contributed by atoms with Gasteiger partial charge in [-0.25, -0.2) is 4.39 Å². The first kappa shape index (κ1) is 15.8. The van der Waals surface area contributed by atoms with E-state index in [1.807, 2.05) is 0 Å². The number of hydrogen-bond donors (Lipinski definition) is 0. The fourth-order valence-electron chi connectivity index (χ4n) is 1.26. The lowest BCUT2D eigenvalue weighted by atomic mass is 10.2. The van der Waals surface area contributed by atoms with Gasteiger partial charge in [-0.1, -0.05) is 15.9 Å². The van der Waals surface area contributed by atoms with Crippen molar-refractivity contribution in [2.45, 2.75) is 11.8 Å². The van der Waals surface area contributed by atoms with E-state index in [1.54, 1.807) is 6.92 Å². The lowest BCUT2D eigenvalue weighted by Crippen LogP contribution is -2.08. The van der Waals surface area contributed by atoms with Crippen LogP contribution < -0.4 is 0 Å². The van der Waals surface area contributed by atoms with Crippen molar-refractivity contribution in [1.82, 2.24) is 0 Å². The molecule has 102 valence electrons. The van der Waals surface area contributed by atoms with Crippen LogP contribution in [0.25, 0.3) is 0 Å². The second kappa shape index (κ2) is 7.34. The van der Waals surface area contributed by atoms with Gasteiger partial charge in [0.15, 0.2) is 0 Å². The van der Waals surface area contributed by atoms with Gasteiger partial charge >= 0.3 is 11.9 Å². The molecule has 0 saturated carbocycles. The number of hydrogen-bond acceptors (Lipinski definition) is 5. The number of rotatable bonds is 5. The first-order chi connectivity index (χ1) is 8.99. The van der Waals surface area contributed by atoms with Crippen LogP contribution in [0.2, 0.25) is 0 Å². The Morgan fingerprint density at radius 2 is 2.16 bits per heavy atom. The van der Waals surface area contributed by atoms with Gasteiger partial charge in [0, 0.05) is 14.5 Å². The molecule has 0 aliphatic rings. The Morgan fingerprint density at radius 3 is 2.74 bits per heavy atom. The minimum Gasteiger partial charge on any atom is -0.465 e. The highest BCUT2D eigenvalue weighted by atomic mass is 79.9. The van der Waals surface area contributed by atoms with Gasteiger partial charge in [-0.3, -0.25) is 9.59 Å². The minimum absolute atomic E-state index is 0.0944. The van der Waals surface area contributed by atoms with Gasteiger partial charge < -0.3 is 4.74 Å². The number of ether oxygens (including phenoxy) is 1. The Bertz CT molecular complexity index is 524. The molecular formula is C11H9BrFNO4S. The molecule has 0 atom stereocenters. The molecule has 0 heterocycles. The SMILES string of the molecule is CCOC(=O)CSc1cc(Br)cc(F)c1C(=O)N=O. The predicted octanol–water partition coefficient (Wildman–Crippen LogP) is 3.15. The quantitative estimate of drug-likeness (QED) is 0.463. The lowest BCUT2D eigenvalue weighted by molar-refractivity contribution is -0.139. The molecule has 0 aromatic heterocycles. The highest BCUT2D eigenvalue weighted by Crippen LogP contribution is 2.29. The van der Waals surface area contributed by atoms with E-state index in [9.17, 15) is 18.9 Å². The largest absolute Gasteiger partial charge is 0.465 e. The van der Waals surface area contributed by atoms with Gasteiger partial charge in [0.2, 0.25) is 0 Å². The first-order valence-electron chi connectivity index (χ1n) is 5.14. The van der Waals surface area contributed by atoms with E-state index in [2.05, 4.69) is 21.1 Å². The Balaban J connectivity index is 3.01. The van der Waals surface area contributed by atoms with Crippen LogP contribution in [0.15, 0.2) is 26.7 Å². The standard InChI is InChI=1S/C11H9BrFNO4S/c1-2-18-9(15)5-19-8-4-6(12)3-7(13)10(8)11(16)14-17/h3-4H,2,5H2,1H3. The molecule has 1 rings (SSSR count). The van der Waals surface area contributed by atoms with Crippen LogP contribution in [-0.2, 0) is 9.53 Å². The fourth-order valence-corrected chi connectivity index (χ4v) is 2.73. The maximum Gasteiger partial charge on any atom is 0.320 e. The highest BCUT2D eigenvalue weighted by molar-refractivity contribution is 9.10. The molecule has 0 aliphatic carbocycles. The average molecular weight is 350 g/mol. The maximum atomic E-state index is 13.6. The number of esters is 1. The summed E-state index contributed by atoms with van der Waals surface area (Å²) in [5.74, 6) is -2.67. The number of thioether (sulfide) groups is 1. The molecule has 5 nitrogen and oxygen atoms in total. The fraction of sp³-hybridized carbons (Fsp3) is 0.273. The molecule has 0 radical (unpaired) electrons. The highest BCUT2D eigenvalue weighted by Gasteiger charge is 2.20. The Labute approximate surface area is 121 Å². The van der Waals surface area contributed by atoms with E-state index in [0.717, 1.165) is 17.8 Å². The second-order valence-electron chi connectivity index (χ2n) is 3.25. The summed E-state index contributed by atoms with van der Waals surface area (Å²) < 4.78 is 18.7. The van der Waals surface area contributed by atoms with Crippen molar-refractivity contribution >= 4 is 39.6 Å². The number of benzene rings is 1. The van der Waals surface area contributed by atoms with Crippen molar-refractivity contribution < 1.29 is 18.7 Å². The number of amides is 1. The summed E-state index contributed by atoms with van der Waals surface area (Å²) in [5.41, 5.74) is -0.438. The predicted molar refractivity (Wildman–Crippen MR) is 71.6 cm³/mol. The van der Waals surface area contributed by atoms with Crippen molar-refractivity contribution in [3.05, 3.63) is 32.9 Å². The third-order valence-electron chi connectivity index (χ3n) is 1.97. The Kier molecular flexibility index (Phi) is 6.10. The molecule has 8 heteroatoms. The minimum atomic E-state index is -1.21. The lowest BCUT2D eigenvalue weighted by Gasteiger charge is -2.07. The van der Waals surface area contributed by atoms with Crippen molar-refractivity contribution in [1.29, 1.82) is 0 Å². The maximum absolute atomic E-state index is 13.6. The number of halogens is 2. The number of nitrogens with zero attached hydrogens (tertiary/aromatic N) is 1. The molecule has 0 bridgehead atoms. The molecule has 1 aromatic rings. The van der Waals surface area contributed by atoms with E-state index < -0.39 is 23.3 Å². The molecule has 0 saturated heterocycles. The van der Waals surface area contributed by atoms with Crippen LogP contribution in [0.4, 0.5) is 4.39 Å². The third kappa shape index (κ3) is 4.39. The number of nitroso groups, excluding NO2 is 1. The van der Waals surface area contributed by atoms with E-state index in [-0.39, 0.29) is 17.3 Å². The summed E-state index contributed by atoms with van der Waals surface area (Å²) in [7, 11) is 0. The zero-order valence-electron chi connectivity index (χ0n) is 9.81. The Morgan fingerprint density at radius 1 is 1.47 bits per heavy atom. The van der Waals surface area contributed by atoms with Crippen LogP contribution in [0.3, 0.4) is 0 Å². The summed E-state index contributed by atoms with van der Waals surface area (Å²) >= 11 is 3.97. The summed E-state index contributed by atoms with van der Waals surface area (Å²) in [6.45, 7) is 1.89. The molecule has 1 amide bonds. The monoisotopic (exact) mass is 349 g/mol. The van der Waals surface area contributed by atoms with Gasteiger partial charge in [-0.05, 0) is 19.1 Å². The number of carbonyl (C=O) groups is 2. The summed E-state index contributed by atoms with van der Waals surface area (Å²) in [5, 5.41) is 2.20. The van der Waals surface area contributed by atoms with E-state index in [1.165, 1.54) is 6.07 Å². The van der Waals surface area contributed by atoms with Crippen LogP contribution in [-0.4, -0.2) is 24.2 Å². The molecule has 0 aliphatic heterocycles. The molecule has 0 unspecified atom stereocenters. The number of carbonyl (C=O) groups excluding carboxylic acids is 2. The molecule has 19 heavy (non-hydrogen) atoms. The first-order valence-corrected chi connectivity index (χ1v) is 6.92. The van der Waals surface area contributed by atoms with Crippen molar-refractivity contribution in [3.63, 3.8) is 0 Å². The van der Waals surface area contributed by atoms with E-state index >= 15 is 0 Å². The normalized spacial score (nSPS) is 10.1. The van der Waals surface area contributed by atoms with E-state index in [4.69, 9.17) is 4.74 Å². The second-order valence-corrected chi connectivity index (χ2v) is 5.18. The molecular weight excluding hydrogens is 341 g/mol. The van der Waals surface area contributed by atoms with Crippen molar-refractivity contribution in [2.24, 2.45) is 5.18 Å². The van der Waals surface area contributed by atoms with Crippen LogP contribution in [0.1, 0.15) is 17.3 Å². The Hall–Kier alpha value is -1.28. The zero-order valence-corrected chi connectivity index (χ0v) is 12.2. The van der Waals surface area contributed by atoms with E-state index in [0.29, 0.717) is 4.47 Å². The van der Waals surface area contributed by atoms with Gasteiger partial charge in [0.1, 0.15) is 5.82 Å². The zero-order chi connectivity index (χ0) is 14.4. The molecule has 1 aromatic carbocycles. The summed E-state index contributed by atoms with van der Waals surface area (Å²) in [6, 6.07) is 2.48. The molecule has 0 spiro atoms. The van der Waals surface area contributed by atoms with Gasteiger partial charge in [-0.15, -0.1) is 16.7 Å². The van der Waals surface area contributed by atoms with Crippen molar-refractivity contribution in [2.75, 3.05) is 12.4 Å². The molecule has 0 fully saturated rings. The summed E-state index contributed by atoms with van der Waals surface area (Å²) in [4.78, 5) is 32.9.